The topological polar surface area (TPSA) is 89.2 Å². The number of halogens is 2. The SMILES string of the molecule is CC(C)(C)OC(=O)NC1CCN(c2ccc(Br)c(-c3ccc(C#N)c(F)c3)c2C#N)CC1. The van der Waals surface area contributed by atoms with Crippen molar-refractivity contribution in [3.8, 4) is 23.3 Å². The molecule has 0 unspecified atom stereocenters. The van der Waals surface area contributed by atoms with Crippen LogP contribution in [0.15, 0.2) is 34.8 Å². The quantitative estimate of drug-likeness (QED) is 0.603. The minimum Gasteiger partial charge on any atom is -0.444 e. The Morgan fingerprint density at radius 2 is 1.88 bits per heavy atom. The number of hydrogen-bond donors (Lipinski definition) is 1. The Labute approximate surface area is 195 Å². The molecule has 0 bridgehead atoms. The molecule has 0 aliphatic carbocycles. The van der Waals surface area contributed by atoms with Gasteiger partial charge in [0.15, 0.2) is 0 Å². The number of nitrogens with one attached hydrogen (secondary N) is 1. The number of nitrogens with zero attached hydrogens (tertiary/aromatic N) is 3. The van der Waals surface area contributed by atoms with Crippen LogP contribution in [0.1, 0.15) is 44.7 Å². The number of amides is 1. The second kappa shape index (κ2) is 9.58. The Balaban J connectivity index is 1.81. The summed E-state index contributed by atoms with van der Waals surface area (Å²) in [7, 11) is 0. The molecular weight excluding hydrogens is 475 g/mol. The fourth-order valence-electron chi connectivity index (χ4n) is 3.73. The first-order valence-electron chi connectivity index (χ1n) is 10.3. The maximum atomic E-state index is 14.2. The lowest BCUT2D eigenvalue weighted by Crippen LogP contribution is -2.46. The first kappa shape index (κ1) is 23.6. The van der Waals surface area contributed by atoms with Crippen molar-refractivity contribution in [1.29, 1.82) is 10.5 Å². The second-order valence-corrected chi connectivity index (χ2v) is 9.50. The summed E-state index contributed by atoms with van der Waals surface area (Å²) >= 11 is 3.49. The minimum atomic E-state index is -0.625. The average Bonchev–Trinajstić information content (AvgIpc) is 2.72. The molecule has 6 nitrogen and oxygen atoms in total. The fourth-order valence-corrected chi connectivity index (χ4v) is 4.28. The summed E-state index contributed by atoms with van der Waals surface area (Å²) in [6, 6.07) is 12.1. The van der Waals surface area contributed by atoms with Gasteiger partial charge in [0.1, 0.15) is 23.6 Å². The summed E-state index contributed by atoms with van der Waals surface area (Å²) in [4.78, 5) is 14.1. The van der Waals surface area contributed by atoms with E-state index in [1.807, 2.05) is 39.0 Å². The maximum absolute atomic E-state index is 14.2. The number of piperidine rings is 1. The molecule has 1 N–H and O–H groups in total. The lowest BCUT2D eigenvalue weighted by atomic mass is 9.96. The van der Waals surface area contributed by atoms with Crippen LogP contribution in [0.3, 0.4) is 0 Å². The molecule has 1 aliphatic rings. The summed E-state index contributed by atoms with van der Waals surface area (Å²) in [5.74, 6) is -0.625. The van der Waals surface area contributed by atoms with Crippen molar-refractivity contribution in [3.63, 3.8) is 0 Å². The third-order valence-electron chi connectivity index (χ3n) is 5.18. The van der Waals surface area contributed by atoms with E-state index >= 15 is 0 Å². The van der Waals surface area contributed by atoms with Crippen molar-refractivity contribution in [3.05, 3.63) is 51.7 Å². The van der Waals surface area contributed by atoms with E-state index in [2.05, 4.69) is 32.2 Å². The van der Waals surface area contributed by atoms with Crippen molar-refractivity contribution in [2.75, 3.05) is 18.0 Å². The molecule has 1 heterocycles. The normalized spacial score (nSPS) is 14.4. The second-order valence-electron chi connectivity index (χ2n) is 8.64. The van der Waals surface area contributed by atoms with Crippen LogP contribution in [0.5, 0.6) is 0 Å². The molecule has 3 rings (SSSR count). The van der Waals surface area contributed by atoms with Gasteiger partial charge < -0.3 is 15.0 Å². The Kier molecular flexibility index (Phi) is 7.06. The van der Waals surface area contributed by atoms with Gasteiger partial charge >= 0.3 is 6.09 Å². The Bertz CT molecular complexity index is 1110. The van der Waals surface area contributed by atoms with Crippen LogP contribution in [0.4, 0.5) is 14.9 Å². The van der Waals surface area contributed by atoms with Crippen LogP contribution in [-0.2, 0) is 4.74 Å². The highest BCUT2D eigenvalue weighted by atomic mass is 79.9. The van der Waals surface area contributed by atoms with Crippen molar-refractivity contribution < 1.29 is 13.9 Å². The molecule has 1 aliphatic heterocycles. The number of anilines is 1. The highest BCUT2D eigenvalue weighted by Crippen LogP contribution is 2.38. The molecule has 0 aromatic heterocycles. The summed E-state index contributed by atoms with van der Waals surface area (Å²) < 4.78 is 20.2. The summed E-state index contributed by atoms with van der Waals surface area (Å²) in [6.07, 6.45) is 0.990. The van der Waals surface area contributed by atoms with E-state index in [0.29, 0.717) is 47.1 Å². The molecule has 1 fully saturated rings. The summed E-state index contributed by atoms with van der Waals surface area (Å²) in [5, 5.41) is 21.8. The van der Waals surface area contributed by atoms with E-state index in [-0.39, 0.29) is 11.6 Å². The van der Waals surface area contributed by atoms with E-state index in [0.717, 1.165) is 5.69 Å². The number of ether oxygens (including phenoxy) is 1. The van der Waals surface area contributed by atoms with Gasteiger partial charge in [-0.2, -0.15) is 10.5 Å². The van der Waals surface area contributed by atoms with E-state index in [9.17, 15) is 14.4 Å². The molecule has 0 atom stereocenters. The molecular formula is C24H24BrFN4O2. The fraction of sp³-hybridized carbons (Fsp3) is 0.375. The highest BCUT2D eigenvalue weighted by Gasteiger charge is 2.26. The van der Waals surface area contributed by atoms with Crippen LogP contribution in [-0.4, -0.2) is 30.8 Å². The molecule has 0 spiro atoms. The van der Waals surface area contributed by atoms with Crippen molar-refractivity contribution in [2.45, 2.75) is 45.3 Å². The number of rotatable bonds is 3. The summed E-state index contributed by atoms with van der Waals surface area (Å²) in [6.45, 7) is 6.77. The average molecular weight is 499 g/mol. The van der Waals surface area contributed by atoms with Gasteiger partial charge in [-0.25, -0.2) is 9.18 Å². The van der Waals surface area contributed by atoms with Gasteiger partial charge in [0, 0.05) is 29.2 Å². The van der Waals surface area contributed by atoms with Crippen LogP contribution in [0.2, 0.25) is 0 Å². The number of benzene rings is 2. The molecule has 1 saturated heterocycles. The summed E-state index contributed by atoms with van der Waals surface area (Å²) in [5.41, 5.74) is 1.70. The monoisotopic (exact) mass is 498 g/mol. The Morgan fingerprint density at radius 3 is 2.44 bits per heavy atom. The Morgan fingerprint density at radius 1 is 1.19 bits per heavy atom. The van der Waals surface area contributed by atoms with Crippen LogP contribution in [0.25, 0.3) is 11.1 Å². The molecule has 32 heavy (non-hydrogen) atoms. The molecule has 166 valence electrons. The molecule has 1 amide bonds. The third-order valence-corrected chi connectivity index (χ3v) is 5.84. The first-order valence-corrected chi connectivity index (χ1v) is 11.1. The maximum Gasteiger partial charge on any atom is 0.407 e. The van der Waals surface area contributed by atoms with Gasteiger partial charge in [-0.15, -0.1) is 0 Å². The standard InChI is InChI=1S/C24H24BrFN4O2/c1-24(2,3)32-23(31)29-17-8-10-30(11-9-17)21-7-6-19(25)22(18(21)14-28)15-4-5-16(13-27)20(26)12-15/h4-7,12,17H,8-11H2,1-3H3,(H,29,31). The van der Waals surface area contributed by atoms with E-state index < -0.39 is 17.5 Å². The van der Waals surface area contributed by atoms with Gasteiger partial charge in [0.05, 0.1) is 16.8 Å². The number of alkyl carbamates (subject to hydrolysis) is 1. The number of carbonyl (C=O) groups is 1. The first-order chi connectivity index (χ1) is 15.1. The van der Waals surface area contributed by atoms with Crippen molar-refractivity contribution >= 4 is 27.7 Å². The van der Waals surface area contributed by atoms with E-state index in [1.54, 1.807) is 6.07 Å². The predicted molar refractivity (Wildman–Crippen MR) is 124 cm³/mol. The molecule has 0 saturated carbocycles. The zero-order valence-corrected chi connectivity index (χ0v) is 19.8. The zero-order chi connectivity index (χ0) is 23.5. The van der Waals surface area contributed by atoms with Gasteiger partial charge in [0.2, 0.25) is 0 Å². The number of carbonyl (C=O) groups excluding carboxylic acids is 1. The van der Waals surface area contributed by atoms with Crippen molar-refractivity contribution in [1.82, 2.24) is 5.32 Å². The molecule has 2 aromatic carbocycles. The van der Waals surface area contributed by atoms with Gasteiger partial charge in [-0.3, -0.25) is 0 Å². The van der Waals surface area contributed by atoms with Gasteiger partial charge in [-0.1, -0.05) is 22.0 Å². The van der Waals surface area contributed by atoms with Gasteiger partial charge in [0.25, 0.3) is 0 Å². The third kappa shape index (κ3) is 5.38. The van der Waals surface area contributed by atoms with E-state index in [1.165, 1.54) is 12.1 Å². The van der Waals surface area contributed by atoms with Crippen LogP contribution < -0.4 is 10.2 Å². The Hall–Kier alpha value is -3.10. The number of hydrogen-bond acceptors (Lipinski definition) is 5. The minimum absolute atomic E-state index is 0.00539. The lowest BCUT2D eigenvalue weighted by molar-refractivity contribution is 0.0497. The molecule has 8 heteroatoms. The van der Waals surface area contributed by atoms with Crippen LogP contribution >= 0.6 is 15.9 Å². The highest BCUT2D eigenvalue weighted by molar-refractivity contribution is 9.10. The predicted octanol–water partition coefficient (Wildman–Crippen LogP) is 5.49. The molecule has 2 aromatic rings. The van der Waals surface area contributed by atoms with Crippen LogP contribution in [0, 0.1) is 28.5 Å². The number of nitriles is 2. The zero-order valence-electron chi connectivity index (χ0n) is 18.2. The smallest absolute Gasteiger partial charge is 0.407 e. The van der Waals surface area contributed by atoms with Crippen molar-refractivity contribution in [2.24, 2.45) is 0 Å². The lowest BCUT2D eigenvalue weighted by Gasteiger charge is -2.35. The van der Waals surface area contributed by atoms with Gasteiger partial charge in [-0.05, 0) is 63.4 Å². The van der Waals surface area contributed by atoms with E-state index in [4.69, 9.17) is 10.00 Å². The largest absolute Gasteiger partial charge is 0.444 e. The molecule has 0 radical (unpaired) electrons.